The number of ether oxygens (including phenoxy) is 2. The van der Waals surface area contributed by atoms with Crippen molar-refractivity contribution in [2.45, 2.75) is 115 Å². The topological polar surface area (TPSA) is 120 Å². The van der Waals surface area contributed by atoms with Crippen LogP contribution in [0.2, 0.25) is 0 Å². The van der Waals surface area contributed by atoms with E-state index in [2.05, 4.69) is 10.6 Å². The zero-order chi connectivity index (χ0) is 33.9. The minimum Gasteiger partial charge on any atom is -0.490 e. The van der Waals surface area contributed by atoms with Crippen molar-refractivity contribution in [2.75, 3.05) is 38.7 Å². The minimum atomic E-state index is -4.43. The first kappa shape index (κ1) is 37.4. The molecule has 0 aromatic heterocycles. The molecule has 3 rings (SSSR count). The Morgan fingerprint density at radius 2 is 1.80 bits per heavy atom. The van der Waals surface area contributed by atoms with Gasteiger partial charge < -0.3 is 35.0 Å². The maximum absolute atomic E-state index is 14.2. The first-order valence-electron chi connectivity index (χ1n) is 16.5. The second kappa shape index (κ2) is 17.7. The third kappa shape index (κ3) is 11.9. The van der Waals surface area contributed by atoms with Crippen molar-refractivity contribution in [1.82, 2.24) is 15.1 Å². The molecule has 0 radical (unpaired) electrons. The first-order valence-corrected chi connectivity index (χ1v) is 16.5. The van der Waals surface area contributed by atoms with Crippen molar-refractivity contribution >= 4 is 23.5 Å². The Morgan fingerprint density at radius 3 is 2.48 bits per heavy atom. The second-order valence-corrected chi connectivity index (χ2v) is 12.8. The number of alkyl halides is 3. The summed E-state index contributed by atoms with van der Waals surface area (Å²) in [6, 6.07) is 4.10. The number of aliphatic hydroxyl groups is 1. The number of carbonyl (C=O) groups excluding carboxylic acids is 3. The summed E-state index contributed by atoms with van der Waals surface area (Å²) in [6.45, 7) is 5.68. The molecular formula is C33H51F3N4O6. The molecule has 0 saturated heterocycles. The summed E-state index contributed by atoms with van der Waals surface area (Å²) < 4.78 is 50.6. The van der Waals surface area contributed by atoms with Gasteiger partial charge in [-0.05, 0) is 64.2 Å². The molecule has 4 atom stereocenters. The molecule has 2 aliphatic rings. The minimum absolute atomic E-state index is 0.0493. The van der Waals surface area contributed by atoms with Crippen LogP contribution in [0, 0.1) is 5.92 Å². The third-order valence-electron chi connectivity index (χ3n) is 8.75. The Labute approximate surface area is 270 Å². The number of anilines is 1. The van der Waals surface area contributed by atoms with Crippen molar-refractivity contribution in [2.24, 2.45) is 5.92 Å². The van der Waals surface area contributed by atoms with Crippen LogP contribution in [-0.2, 0) is 9.53 Å². The summed E-state index contributed by atoms with van der Waals surface area (Å²) in [5.41, 5.74) is 0.645. The number of nitrogens with one attached hydrogen (secondary N) is 2. The van der Waals surface area contributed by atoms with Crippen LogP contribution in [0.4, 0.5) is 23.7 Å². The summed E-state index contributed by atoms with van der Waals surface area (Å²) in [5, 5.41) is 16.0. The lowest BCUT2D eigenvalue weighted by molar-refractivity contribution is -0.149. The molecule has 10 nitrogen and oxygen atoms in total. The molecule has 1 aliphatic carbocycles. The van der Waals surface area contributed by atoms with Crippen LogP contribution in [0.15, 0.2) is 18.2 Å². The zero-order valence-electron chi connectivity index (χ0n) is 27.5. The van der Waals surface area contributed by atoms with Gasteiger partial charge in [0.25, 0.3) is 5.91 Å². The van der Waals surface area contributed by atoms with E-state index in [4.69, 9.17) is 9.47 Å². The lowest BCUT2D eigenvalue weighted by Gasteiger charge is -2.36. The largest absolute Gasteiger partial charge is 0.490 e. The van der Waals surface area contributed by atoms with Crippen molar-refractivity contribution < 1.29 is 42.1 Å². The molecule has 1 fully saturated rings. The van der Waals surface area contributed by atoms with Gasteiger partial charge in [0.2, 0.25) is 5.91 Å². The molecule has 1 aromatic carbocycles. The van der Waals surface area contributed by atoms with Crippen LogP contribution in [0.1, 0.15) is 95.3 Å². The summed E-state index contributed by atoms with van der Waals surface area (Å²) in [4.78, 5) is 42.3. The van der Waals surface area contributed by atoms with Gasteiger partial charge in [-0.3, -0.25) is 9.59 Å². The molecule has 0 spiro atoms. The molecule has 0 bridgehead atoms. The smallest absolute Gasteiger partial charge is 0.389 e. The molecule has 1 aromatic rings. The number of nitrogens with zero attached hydrogens (tertiary/aromatic N) is 2. The van der Waals surface area contributed by atoms with Crippen molar-refractivity contribution in [1.29, 1.82) is 0 Å². The fraction of sp³-hybridized carbons (Fsp3) is 0.727. The standard InChI is InChI=1S/C33H51F3N4O6/c1-22-19-40(23(2)21-41)31(43)27-18-26(38-32(44)37-25-11-6-5-7-12-25)13-14-28(27)46-24(3)10-8-9-17-45-29(22)20-39(4)30(42)15-16-33(34,35)36/h13-14,18,22-25,29,41H,5-12,15-17,19-21H2,1-4H3,(H2,37,38,44)/t22-,23-,24+,29+/m1/s1. The highest BCUT2D eigenvalue weighted by Crippen LogP contribution is 2.29. The van der Waals surface area contributed by atoms with Crippen molar-refractivity contribution in [3.05, 3.63) is 23.8 Å². The molecule has 1 aliphatic heterocycles. The Balaban J connectivity index is 1.86. The van der Waals surface area contributed by atoms with Crippen molar-refractivity contribution in [3.63, 3.8) is 0 Å². The second-order valence-electron chi connectivity index (χ2n) is 12.8. The maximum Gasteiger partial charge on any atom is 0.389 e. The number of fused-ring (bicyclic) bond motifs is 1. The van der Waals surface area contributed by atoms with Gasteiger partial charge in [-0.1, -0.05) is 26.2 Å². The summed E-state index contributed by atoms with van der Waals surface area (Å²) in [7, 11) is 1.45. The number of rotatable bonds is 8. The lowest BCUT2D eigenvalue weighted by Crippen LogP contribution is -2.48. The van der Waals surface area contributed by atoms with Gasteiger partial charge in [-0.25, -0.2) is 4.79 Å². The SMILES string of the molecule is C[C@@H]1CN([C@H](C)CO)C(=O)c2cc(NC(=O)NC3CCCCC3)ccc2O[C@@H](C)CCCCO[C@H]1CN(C)C(=O)CCC(F)(F)F. The molecule has 13 heteroatoms. The quantitative estimate of drug-likeness (QED) is 0.329. The molecule has 1 saturated carbocycles. The Kier molecular flexibility index (Phi) is 14.4. The van der Waals surface area contributed by atoms with E-state index in [0.29, 0.717) is 30.9 Å². The number of benzene rings is 1. The number of carbonyl (C=O) groups is 3. The highest BCUT2D eigenvalue weighted by Gasteiger charge is 2.32. The molecule has 46 heavy (non-hydrogen) atoms. The number of hydrogen-bond acceptors (Lipinski definition) is 6. The first-order chi connectivity index (χ1) is 21.8. The van der Waals surface area contributed by atoms with E-state index >= 15 is 0 Å². The highest BCUT2D eigenvalue weighted by atomic mass is 19.4. The van der Waals surface area contributed by atoms with E-state index in [1.165, 1.54) is 16.8 Å². The van der Waals surface area contributed by atoms with Gasteiger partial charge in [0, 0.05) is 50.8 Å². The van der Waals surface area contributed by atoms with Crippen LogP contribution >= 0.6 is 0 Å². The van der Waals surface area contributed by atoms with E-state index in [0.717, 1.165) is 38.5 Å². The third-order valence-corrected chi connectivity index (χ3v) is 8.75. The van der Waals surface area contributed by atoms with E-state index in [1.807, 2.05) is 13.8 Å². The fourth-order valence-electron chi connectivity index (χ4n) is 5.87. The van der Waals surface area contributed by atoms with Gasteiger partial charge in [-0.2, -0.15) is 13.2 Å². The van der Waals surface area contributed by atoms with Gasteiger partial charge >= 0.3 is 12.2 Å². The number of aliphatic hydroxyl groups excluding tert-OH is 1. The van der Waals surface area contributed by atoms with Crippen LogP contribution in [0.25, 0.3) is 0 Å². The lowest BCUT2D eigenvalue weighted by atomic mass is 9.96. The van der Waals surface area contributed by atoms with Crippen LogP contribution < -0.4 is 15.4 Å². The molecule has 3 N–H and O–H groups in total. The summed E-state index contributed by atoms with van der Waals surface area (Å²) >= 11 is 0. The van der Waals surface area contributed by atoms with Crippen LogP contribution in [0.5, 0.6) is 5.75 Å². The van der Waals surface area contributed by atoms with Crippen LogP contribution in [0.3, 0.4) is 0 Å². The monoisotopic (exact) mass is 656 g/mol. The Bertz CT molecular complexity index is 1150. The molecule has 260 valence electrons. The average Bonchev–Trinajstić information content (AvgIpc) is 3.01. The summed E-state index contributed by atoms with van der Waals surface area (Å²) in [5.74, 6) is -1.06. The Morgan fingerprint density at radius 1 is 1.11 bits per heavy atom. The summed E-state index contributed by atoms with van der Waals surface area (Å²) in [6.07, 6.45) is 0.193. The van der Waals surface area contributed by atoms with Crippen molar-refractivity contribution in [3.8, 4) is 5.75 Å². The zero-order valence-corrected chi connectivity index (χ0v) is 27.5. The molecular weight excluding hydrogens is 605 g/mol. The molecule has 1 heterocycles. The Hall–Kier alpha value is -3.06. The average molecular weight is 657 g/mol. The molecule has 4 amide bonds. The van der Waals surface area contributed by atoms with Gasteiger partial charge in [0.1, 0.15) is 5.75 Å². The van der Waals surface area contributed by atoms with Gasteiger partial charge in [0.15, 0.2) is 0 Å². The van der Waals surface area contributed by atoms with E-state index < -0.39 is 43.0 Å². The predicted octanol–water partition coefficient (Wildman–Crippen LogP) is 5.74. The predicted molar refractivity (Wildman–Crippen MR) is 169 cm³/mol. The number of likely N-dealkylation sites (N-methyl/N-ethyl adjacent to an activating group) is 1. The maximum atomic E-state index is 14.2. The van der Waals surface area contributed by atoms with E-state index in [-0.39, 0.29) is 49.4 Å². The highest BCUT2D eigenvalue weighted by molar-refractivity contribution is 5.99. The number of halogens is 3. The number of urea groups is 1. The number of amides is 4. The number of hydrogen-bond donors (Lipinski definition) is 3. The van der Waals surface area contributed by atoms with Gasteiger partial charge in [0.05, 0.1) is 36.8 Å². The normalized spacial score (nSPS) is 23.0. The van der Waals surface area contributed by atoms with E-state index in [9.17, 15) is 32.7 Å². The van der Waals surface area contributed by atoms with Gasteiger partial charge in [-0.15, -0.1) is 0 Å². The van der Waals surface area contributed by atoms with E-state index in [1.54, 1.807) is 25.1 Å². The fourth-order valence-corrected chi connectivity index (χ4v) is 5.87. The van der Waals surface area contributed by atoms with Crippen LogP contribution in [-0.4, -0.2) is 96.6 Å². The molecule has 0 unspecified atom stereocenters.